The van der Waals surface area contributed by atoms with Gasteiger partial charge in [0.25, 0.3) is 0 Å². The van der Waals surface area contributed by atoms with Crippen molar-refractivity contribution in [3.05, 3.63) is 237 Å². The van der Waals surface area contributed by atoms with E-state index < -0.39 is 0 Å². The molecule has 3 aromatic heterocycles. The maximum Gasteiger partial charge on any atom is 0.0541 e. The van der Waals surface area contributed by atoms with E-state index in [1.807, 2.05) is 0 Å². The topological polar surface area (TPSA) is 14.8 Å². The fraction of sp³-hybridized carbons (Fsp3) is 0. The van der Waals surface area contributed by atoms with Crippen LogP contribution in [-0.4, -0.2) is 13.7 Å². The number of benzene rings is 12. The highest BCUT2D eigenvalue weighted by Gasteiger charge is 2.20. The predicted octanol–water partition coefficient (Wildman–Crippen LogP) is 17.2. The molecular weight excluding hydrogens is 811 g/mol. The van der Waals surface area contributed by atoms with Gasteiger partial charge in [-0.25, -0.2) is 0 Å². The fourth-order valence-electron chi connectivity index (χ4n) is 11.7. The van der Waals surface area contributed by atoms with Crippen LogP contribution in [0.4, 0.5) is 0 Å². The maximum absolute atomic E-state index is 2.46. The molecule has 3 heteroatoms. The Hall–Kier alpha value is -8.92. The molecule has 12 aromatic carbocycles. The zero-order valence-corrected chi connectivity index (χ0v) is 36.4. The molecule has 0 radical (unpaired) electrons. The van der Waals surface area contributed by atoms with Gasteiger partial charge in [-0.3, -0.25) is 0 Å². The molecule has 0 aliphatic carbocycles. The third kappa shape index (κ3) is 5.17. The molecule has 0 aliphatic rings. The first-order chi connectivity index (χ1) is 33.2. The van der Waals surface area contributed by atoms with Crippen molar-refractivity contribution in [3.8, 4) is 39.3 Å². The van der Waals surface area contributed by atoms with Crippen LogP contribution in [0.2, 0.25) is 0 Å². The number of hydrogen-bond donors (Lipinski definition) is 0. The number of rotatable bonds is 5. The fourth-order valence-corrected chi connectivity index (χ4v) is 11.7. The van der Waals surface area contributed by atoms with Crippen LogP contribution in [0.3, 0.4) is 0 Å². The molecule has 310 valence electrons. The average molecular weight is 850 g/mol. The first kappa shape index (κ1) is 36.4. The highest BCUT2D eigenvalue weighted by Crippen LogP contribution is 2.45. The molecule has 0 unspecified atom stereocenters. The maximum atomic E-state index is 2.46. The SMILES string of the molecule is c1ccc2c(c1)c1ccccc1n2-c1ccc(-c2ccc3ccc4c(-c5cc(-n6c7ccccc7c7ccccc76)cc(-n6c7ccccc7c7ccccc76)c5)ccc5ccc2c3c54)cc1. The zero-order chi connectivity index (χ0) is 43.7. The molecule has 0 saturated carbocycles. The molecule has 0 amide bonds. The Morgan fingerprint density at radius 3 is 0.896 bits per heavy atom. The van der Waals surface area contributed by atoms with Crippen molar-refractivity contribution in [1.82, 2.24) is 13.7 Å². The lowest BCUT2D eigenvalue weighted by Crippen LogP contribution is -2.00. The first-order valence-corrected chi connectivity index (χ1v) is 23.2. The lowest BCUT2D eigenvalue weighted by atomic mass is 9.87. The number of hydrogen-bond acceptors (Lipinski definition) is 0. The second-order valence-corrected chi connectivity index (χ2v) is 18.0. The summed E-state index contributed by atoms with van der Waals surface area (Å²) in [6.45, 7) is 0. The summed E-state index contributed by atoms with van der Waals surface area (Å²) in [5.74, 6) is 0. The van der Waals surface area contributed by atoms with Crippen LogP contribution in [0.15, 0.2) is 237 Å². The van der Waals surface area contributed by atoms with Gasteiger partial charge in [0, 0.05) is 49.4 Å². The van der Waals surface area contributed by atoms with Crippen LogP contribution < -0.4 is 0 Å². The first-order valence-electron chi connectivity index (χ1n) is 23.2. The van der Waals surface area contributed by atoms with Crippen molar-refractivity contribution in [1.29, 1.82) is 0 Å². The molecule has 67 heavy (non-hydrogen) atoms. The Bertz CT molecular complexity index is 4210. The zero-order valence-electron chi connectivity index (χ0n) is 36.4. The molecule has 0 bridgehead atoms. The summed E-state index contributed by atoms with van der Waals surface area (Å²) >= 11 is 0. The van der Waals surface area contributed by atoms with Gasteiger partial charge in [-0.15, -0.1) is 0 Å². The van der Waals surface area contributed by atoms with E-state index in [0.717, 1.165) is 17.1 Å². The number of para-hydroxylation sites is 6. The number of nitrogens with zero attached hydrogens (tertiary/aromatic N) is 3. The molecule has 0 aliphatic heterocycles. The monoisotopic (exact) mass is 849 g/mol. The van der Waals surface area contributed by atoms with Crippen LogP contribution >= 0.6 is 0 Å². The Balaban J connectivity index is 0.950. The van der Waals surface area contributed by atoms with Crippen LogP contribution in [0.5, 0.6) is 0 Å². The quantitative estimate of drug-likeness (QED) is 0.153. The average Bonchev–Trinajstić information content (AvgIpc) is 4.04. The summed E-state index contributed by atoms with van der Waals surface area (Å²) in [4.78, 5) is 0. The van der Waals surface area contributed by atoms with Gasteiger partial charge in [0.15, 0.2) is 0 Å². The summed E-state index contributed by atoms with van der Waals surface area (Å²) in [6.07, 6.45) is 0. The summed E-state index contributed by atoms with van der Waals surface area (Å²) in [6, 6.07) is 87.7. The third-order valence-electron chi connectivity index (χ3n) is 14.6. The normalized spacial score (nSPS) is 12.2. The van der Waals surface area contributed by atoms with Gasteiger partial charge < -0.3 is 13.7 Å². The number of fused-ring (bicyclic) bond motifs is 9. The molecular formula is C64H39N3. The van der Waals surface area contributed by atoms with Gasteiger partial charge in [-0.2, -0.15) is 0 Å². The predicted molar refractivity (Wildman–Crippen MR) is 284 cm³/mol. The molecule has 0 saturated heterocycles. The number of aromatic nitrogens is 3. The smallest absolute Gasteiger partial charge is 0.0541 e. The van der Waals surface area contributed by atoms with E-state index in [1.54, 1.807) is 0 Å². The van der Waals surface area contributed by atoms with E-state index >= 15 is 0 Å². The minimum atomic E-state index is 1.13. The second kappa shape index (κ2) is 13.8. The Morgan fingerprint density at radius 2 is 0.522 bits per heavy atom. The minimum absolute atomic E-state index is 1.13. The van der Waals surface area contributed by atoms with E-state index in [2.05, 4.69) is 250 Å². The van der Waals surface area contributed by atoms with E-state index in [9.17, 15) is 0 Å². The Labute approximate surface area is 385 Å². The van der Waals surface area contributed by atoms with Crippen molar-refractivity contribution in [2.75, 3.05) is 0 Å². The molecule has 0 spiro atoms. The summed E-state index contributed by atoms with van der Waals surface area (Å²) < 4.78 is 7.31. The Kier molecular flexibility index (Phi) is 7.50. The van der Waals surface area contributed by atoms with Crippen LogP contribution in [-0.2, 0) is 0 Å². The van der Waals surface area contributed by atoms with Crippen LogP contribution in [0.1, 0.15) is 0 Å². The molecule has 0 atom stereocenters. The van der Waals surface area contributed by atoms with E-state index in [4.69, 9.17) is 0 Å². The van der Waals surface area contributed by atoms with Crippen molar-refractivity contribution < 1.29 is 0 Å². The lowest BCUT2D eigenvalue weighted by Gasteiger charge is -2.19. The highest BCUT2D eigenvalue weighted by molar-refractivity contribution is 6.28. The van der Waals surface area contributed by atoms with Gasteiger partial charge in [0.1, 0.15) is 0 Å². The summed E-state index contributed by atoms with van der Waals surface area (Å²) in [5.41, 5.74) is 15.5. The van der Waals surface area contributed by atoms with Crippen molar-refractivity contribution in [2.24, 2.45) is 0 Å². The molecule has 3 heterocycles. The minimum Gasteiger partial charge on any atom is -0.309 e. The van der Waals surface area contributed by atoms with Gasteiger partial charge >= 0.3 is 0 Å². The van der Waals surface area contributed by atoms with Gasteiger partial charge in [-0.1, -0.05) is 170 Å². The van der Waals surface area contributed by atoms with E-state index in [0.29, 0.717) is 0 Å². The van der Waals surface area contributed by atoms with Crippen LogP contribution in [0.25, 0.3) is 137 Å². The Morgan fingerprint density at radius 1 is 0.209 bits per heavy atom. The van der Waals surface area contributed by atoms with Crippen molar-refractivity contribution in [3.63, 3.8) is 0 Å². The highest BCUT2D eigenvalue weighted by atomic mass is 15.0. The van der Waals surface area contributed by atoms with Gasteiger partial charge in [0.05, 0.1) is 33.1 Å². The summed E-state index contributed by atoms with van der Waals surface area (Å²) in [5, 5.41) is 15.2. The van der Waals surface area contributed by atoms with E-state index in [1.165, 1.54) is 120 Å². The van der Waals surface area contributed by atoms with Gasteiger partial charge in [-0.05, 0) is 121 Å². The molecule has 15 rings (SSSR count). The molecule has 0 fully saturated rings. The molecule has 15 aromatic rings. The van der Waals surface area contributed by atoms with Crippen molar-refractivity contribution >= 4 is 97.7 Å². The van der Waals surface area contributed by atoms with E-state index in [-0.39, 0.29) is 0 Å². The van der Waals surface area contributed by atoms with Crippen LogP contribution in [0, 0.1) is 0 Å². The molecule has 3 nitrogen and oxygen atoms in total. The second-order valence-electron chi connectivity index (χ2n) is 18.0. The summed E-state index contributed by atoms with van der Waals surface area (Å²) in [7, 11) is 0. The standard InChI is InChI=1S/C64H39N3/c1-7-19-57-49(13-1)50-14-2-8-20-58(50)65(57)44-31-25-40(26-32-44)47-33-27-41-30-36-56-48(34-28-42-29-35-55(47)63(41)64(42)56)43-37-45(66-59-21-9-3-15-51(59)52-16-4-10-22-60(52)66)39-46(38-43)67-61-23-11-5-17-53(61)54-18-6-12-24-62(54)67/h1-39H. The molecule has 0 N–H and O–H groups in total. The largest absolute Gasteiger partial charge is 0.309 e. The van der Waals surface area contributed by atoms with Crippen molar-refractivity contribution in [2.45, 2.75) is 0 Å². The third-order valence-corrected chi connectivity index (χ3v) is 14.6. The van der Waals surface area contributed by atoms with Gasteiger partial charge in [0.2, 0.25) is 0 Å². The lowest BCUT2D eigenvalue weighted by molar-refractivity contribution is 1.13.